The van der Waals surface area contributed by atoms with Gasteiger partial charge in [-0.2, -0.15) is 0 Å². The molecule has 20 heavy (non-hydrogen) atoms. The monoisotopic (exact) mass is 276 g/mol. The van der Waals surface area contributed by atoms with Crippen LogP contribution in [0, 0.1) is 0 Å². The van der Waals surface area contributed by atoms with Gasteiger partial charge in [0, 0.05) is 25.2 Å². The molecule has 1 amide bonds. The van der Waals surface area contributed by atoms with Gasteiger partial charge in [0.1, 0.15) is 0 Å². The Morgan fingerprint density at radius 1 is 1.50 bits per heavy atom. The second kappa shape index (κ2) is 4.99. The minimum absolute atomic E-state index is 0.143. The van der Waals surface area contributed by atoms with Gasteiger partial charge < -0.3 is 14.2 Å². The van der Waals surface area contributed by atoms with E-state index in [-0.39, 0.29) is 11.7 Å². The van der Waals surface area contributed by atoms with Gasteiger partial charge in [0.25, 0.3) is 5.91 Å². The van der Waals surface area contributed by atoms with Gasteiger partial charge in [-0.3, -0.25) is 9.48 Å². The van der Waals surface area contributed by atoms with E-state index in [1.165, 1.54) is 6.20 Å². The fourth-order valence-electron chi connectivity index (χ4n) is 2.55. The van der Waals surface area contributed by atoms with Gasteiger partial charge in [0.15, 0.2) is 0 Å². The number of hydrogen-bond acceptors (Lipinski definition) is 5. The van der Waals surface area contributed by atoms with Crippen molar-refractivity contribution in [1.82, 2.24) is 19.8 Å². The molecule has 0 atom stereocenters. The molecule has 0 radical (unpaired) electrons. The Labute approximate surface area is 116 Å². The third kappa shape index (κ3) is 2.04. The van der Waals surface area contributed by atoms with Crippen molar-refractivity contribution in [3.05, 3.63) is 29.3 Å². The van der Waals surface area contributed by atoms with Crippen LogP contribution in [0.1, 0.15) is 28.2 Å². The molecular formula is C13H16N4O3. The zero-order chi connectivity index (χ0) is 14.1. The maximum Gasteiger partial charge on any atom is 0.292 e. The lowest BCUT2D eigenvalue weighted by molar-refractivity contribution is 0.0700. The number of nitrogens with zero attached hydrogens (tertiary/aromatic N) is 4. The molecule has 0 fully saturated rings. The first-order chi connectivity index (χ1) is 9.70. The summed E-state index contributed by atoms with van der Waals surface area (Å²) in [6, 6.07) is 1.58. The zero-order valence-corrected chi connectivity index (χ0v) is 11.5. The predicted octanol–water partition coefficient (Wildman–Crippen LogP) is 1.01. The van der Waals surface area contributed by atoms with Gasteiger partial charge in [0.05, 0.1) is 25.5 Å². The van der Waals surface area contributed by atoms with Crippen LogP contribution >= 0.6 is 0 Å². The summed E-state index contributed by atoms with van der Waals surface area (Å²) in [7, 11) is 3.48. The highest BCUT2D eigenvalue weighted by molar-refractivity contribution is 5.91. The van der Waals surface area contributed by atoms with Gasteiger partial charge in [-0.15, -0.1) is 5.10 Å². The van der Waals surface area contributed by atoms with Crippen LogP contribution in [0.3, 0.4) is 0 Å². The highest BCUT2D eigenvalue weighted by atomic mass is 16.5. The first-order valence-electron chi connectivity index (χ1n) is 6.49. The van der Waals surface area contributed by atoms with Crippen LogP contribution in [0.25, 0.3) is 0 Å². The summed E-state index contributed by atoms with van der Waals surface area (Å²) in [5.41, 5.74) is 2.09. The van der Waals surface area contributed by atoms with Crippen LogP contribution in [0.4, 0.5) is 0 Å². The Hall–Kier alpha value is -2.31. The van der Waals surface area contributed by atoms with Crippen molar-refractivity contribution in [2.24, 2.45) is 7.05 Å². The SMILES string of the molecule is COc1nn(C)c2c1CCCN(C(=O)c1ccno1)C2. The molecule has 7 heteroatoms. The molecule has 0 N–H and O–H groups in total. The van der Waals surface area contributed by atoms with E-state index >= 15 is 0 Å². The molecule has 1 aliphatic heterocycles. The van der Waals surface area contributed by atoms with Gasteiger partial charge in [-0.05, 0) is 12.8 Å². The largest absolute Gasteiger partial charge is 0.480 e. The summed E-state index contributed by atoms with van der Waals surface area (Å²) in [4.78, 5) is 14.1. The normalized spacial score (nSPS) is 14.8. The van der Waals surface area contributed by atoms with Crippen LogP contribution < -0.4 is 4.74 Å². The van der Waals surface area contributed by atoms with E-state index in [2.05, 4.69) is 10.3 Å². The van der Waals surface area contributed by atoms with Crippen molar-refractivity contribution in [3.63, 3.8) is 0 Å². The molecule has 0 aromatic carbocycles. The summed E-state index contributed by atoms with van der Waals surface area (Å²) >= 11 is 0. The van der Waals surface area contributed by atoms with Crippen molar-refractivity contribution in [3.8, 4) is 5.88 Å². The molecule has 0 aliphatic carbocycles. The number of carbonyl (C=O) groups excluding carboxylic acids is 1. The Balaban J connectivity index is 1.90. The second-order valence-corrected chi connectivity index (χ2v) is 4.77. The van der Waals surface area contributed by atoms with Gasteiger partial charge in [-0.1, -0.05) is 5.16 Å². The minimum atomic E-state index is -0.143. The van der Waals surface area contributed by atoms with Gasteiger partial charge in [0.2, 0.25) is 11.6 Å². The Bertz CT molecular complexity index is 618. The zero-order valence-electron chi connectivity index (χ0n) is 11.5. The number of hydrogen-bond donors (Lipinski definition) is 0. The summed E-state index contributed by atoms with van der Waals surface area (Å²) in [6.45, 7) is 1.18. The first kappa shape index (κ1) is 12.7. The molecule has 0 spiro atoms. The number of amides is 1. The molecule has 3 heterocycles. The summed E-state index contributed by atoms with van der Waals surface area (Å²) in [5.74, 6) is 0.773. The lowest BCUT2D eigenvalue weighted by Crippen LogP contribution is -2.31. The number of fused-ring (bicyclic) bond motifs is 1. The molecule has 2 aromatic heterocycles. The fourth-order valence-corrected chi connectivity index (χ4v) is 2.55. The van der Waals surface area contributed by atoms with Gasteiger partial charge in [-0.25, -0.2) is 0 Å². The average molecular weight is 276 g/mol. The maximum absolute atomic E-state index is 12.3. The number of ether oxygens (including phenoxy) is 1. The van der Waals surface area contributed by atoms with E-state index in [0.29, 0.717) is 19.0 Å². The average Bonchev–Trinajstić information content (AvgIpc) is 3.01. The van der Waals surface area contributed by atoms with E-state index in [9.17, 15) is 4.79 Å². The van der Waals surface area contributed by atoms with E-state index in [1.54, 1.807) is 22.8 Å². The van der Waals surface area contributed by atoms with Gasteiger partial charge >= 0.3 is 0 Å². The van der Waals surface area contributed by atoms with Crippen LogP contribution in [-0.2, 0) is 20.0 Å². The Morgan fingerprint density at radius 3 is 3.05 bits per heavy atom. The number of aryl methyl sites for hydroxylation is 1. The number of carbonyl (C=O) groups is 1. The lowest BCUT2D eigenvalue weighted by atomic mass is 10.1. The second-order valence-electron chi connectivity index (χ2n) is 4.77. The van der Waals surface area contributed by atoms with Crippen LogP contribution in [-0.4, -0.2) is 39.4 Å². The molecule has 3 rings (SSSR count). The molecule has 7 nitrogen and oxygen atoms in total. The van der Waals surface area contributed by atoms with E-state index < -0.39 is 0 Å². The van der Waals surface area contributed by atoms with E-state index in [1.807, 2.05) is 7.05 Å². The van der Waals surface area contributed by atoms with Crippen LogP contribution in [0.2, 0.25) is 0 Å². The Morgan fingerprint density at radius 2 is 2.35 bits per heavy atom. The molecule has 0 bridgehead atoms. The molecule has 1 aliphatic rings. The maximum atomic E-state index is 12.3. The number of aromatic nitrogens is 3. The predicted molar refractivity (Wildman–Crippen MR) is 69.3 cm³/mol. The third-order valence-electron chi connectivity index (χ3n) is 3.56. The molecule has 2 aromatic rings. The highest BCUT2D eigenvalue weighted by Crippen LogP contribution is 2.27. The summed E-state index contributed by atoms with van der Waals surface area (Å²) in [6.07, 6.45) is 3.20. The van der Waals surface area contributed by atoms with Crippen LogP contribution in [0.5, 0.6) is 5.88 Å². The highest BCUT2D eigenvalue weighted by Gasteiger charge is 2.27. The molecule has 0 saturated heterocycles. The summed E-state index contributed by atoms with van der Waals surface area (Å²) < 4.78 is 12.0. The van der Waals surface area contributed by atoms with Crippen molar-refractivity contribution in [2.45, 2.75) is 19.4 Å². The minimum Gasteiger partial charge on any atom is -0.480 e. The fraction of sp³-hybridized carbons (Fsp3) is 0.462. The molecule has 0 saturated carbocycles. The third-order valence-corrected chi connectivity index (χ3v) is 3.56. The van der Waals surface area contributed by atoms with Crippen molar-refractivity contribution >= 4 is 5.91 Å². The molecule has 106 valence electrons. The van der Waals surface area contributed by atoms with Crippen molar-refractivity contribution in [2.75, 3.05) is 13.7 Å². The first-order valence-corrected chi connectivity index (χ1v) is 6.49. The Kier molecular flexibility index (Phi) is 3.17. The van der Waals surface area contributed by atoms with Crippen LogP contribution in [0.15, 0.2) is 16.8 Å². The number of methoxy groups -OCH3 is 1. The summed E-state index contributed by atoms with van der Waals surface area (Å²) in [5, 5.41) is 7.91. The quantitative estimate of drug-likeness (QED) is 0.818. The van der Waals surface area contributed by atoms with E-state index in [0.717, 1.165) is 24.1 Å². The smallest absolute Gasteiger partial charge is 0.292 e. The molecular weight excluding hydrogens is 260 g/mol. The molecule has 0 unspecified atom stereocenters. The lowest BCUT2D eigenvalue weighted by Gasteiger charge is -2.19. The van der Waals surface area contributed by atoms with Crippen molar-refractivity contribution in [1.29, 1.82) is 0 Å². The van der Waals surface area contributed by atoms with Crippen molar-refractivity contribution < 1.29 is 14.1 Å². The van der Waals surface area contributed by atoms with E-state index in [4.69, 9.17) is 9.26 Å². The topological polar surface area (TPSA) is 73.4 Å². The standard InChI is InChI=1S/C13H16N4O3/c1-16-10-8-17(13(18)11-5-6-14-20-11)7-3-4-9(10)12(15-16)19-2/h5-6H,3-4,7-8H2,1-2H3. The number of rotatable bonds is 2.